The number of hydrogen-bond acceptors (Lipinski definition) is 4. The van der Waals surface area contributed by atoms with Gasteiger partial charge in [0.1, 0.15) is 0 Å². The molecule has 6 nitrogen and oxygen atoms in total. The van der Waals surface area contributed by atoms with Crippen LogP contribution in [0.5, 0.6) is 0 Å². The second kappa shape index (κ2) is 9.96. The quantitative estimate of drug-likeness (QED) is 0.459. The molecule has 0 aliphatic heterocycles. The van der Waals surface area contributed by atoms with E-state index in [1.165, 1.54) is 18.7 Å². The molecule has 0 saturated heterocycles. The lowest BCUT2D eigenvalue weighted by Crippen LogP contribution is -2.14. The number of aryl methyl sites for hydroxylation is 1. The van der Waals surface area contributed by atoms with Gasteiger partial charge in [-0.3, -0.25) is 9.59 Å². The van der Waals surface area contributed by atoms with Crippen LogP contribution in [0.4, 0.5) is 11.4 Å². The largest absolute Gasteiger partial charge is 0.478 e. The van der Waals surface area contributed by atoms with Crippen molar-refractivity contribution in [1.29, 1.82) is 0 Å². The highest BCUT2D eigenvalue weighted by atomic mass is 35.5. The minimum atomic E-state index is -1.15. The van der Waals surface area contributed by atoms with Gasteiger partial charge in [0.15, 0.2) is 0 Å². The molecule has 8 heteroatoms. The first-order valence-electron chi connectivity index (χ1n) is 8.26. The van der Waals surface area contributed by atoms with E-state index in [1.807, 2.05) is 13.0 Å². The maximum atomic E-state index is 12.1. The van der Waals surface area contributed by atoms with E-state index in [-0.39, 0.29) is 17.2 Å². The van der Waals surface area contributed by atoms with Gasteiger partial charge in [0.2, 0.25) is 11.8 Å². The Morgan fingerprint density at radius 2 is 1.79 bits per heavy atom. The summed E-state index contributed by atoms with van der Waals surface area (Å²) in [4.78, 5) is 35.4. The summed E-state index contributed by atoms with van der Waals surface area (Å²) in [6, 6.07) is 12.2. The zero-order chi connectivity index (χ0) is 20.7. The lowest BCUT2D eigenvalue weighted by atomic mass is 10.2. The summed E-state index contributed by atoms with van der Waals surface area (Å²) >= 11 is 7.30. The number of carbonyl (C=O) groups is 3. The minimum Gasteiger partial charge on any atom is -0.478 e. The summed E-state index contributed by atoms with van der Waals surface area (Å²) in [5.41, 5.74) is 2.09. The van der Waals surface area contributed by atoms with Crippen LogP contribution in [0, 0.1) is 6.92 Å². The van der Waals surface area contributed by atoms with Gasteiger partial charge < -0.3 is 15.7 Å². The number of hydrogen-bond donors (Lipinski definition) is 3. The van der Waals surface area contributed by atoms with Crippen molar-refractivity contribution in [2.75, 3.05) is 16.4 Å². The molecule has 0 atom stereocenters. The number of carboxylic acid groups (broad SMARTS) is 1. The van der Waals surface area contributed by atoms with E-state index in [0.29, 0.717) is 16.4 Å². The molecule has 3 N–H and O–H groups in total. The minimum absolute atomic E-state index is 0.0503. The van der Waals surface area contributed by atoms with Gasteiger partial charge in [0.25, 0.3) is 0 Å². The van der Waals surface area contributed by atoms with Crippen molar-refractivity contribution in [3.63, 3.8) is 0 Å². The summed E-state index contributed by atoms with van der Waals surface area (Å²) in [5.74, 6) is -1.59. The average molecular weight is 419 g/mol. The number of halogens is 1. The van der Waals surface area contributed by atoms with Gasteiger partial charge in [0, 0.05) is 32.9 Å². The summed E-state index contributed by atoms with van der Waals surface area (Å²) < 4.78 is 0. The third-order valence-electron chi connectivity index (χ3n) is 3.65. The molecule has 28 heavy (non-hydrogen) atoms. The van der Waals surface area contributed by atoms with Gasteiger partial charge >= 0.3 is 5.97 Å². The molecule has 2 amide bonds. The molecule has 0 bridgehead atoms. The molecule has 0 radical (unpaired) electrons. The zero-order valence-electron chi connectivity index (χ0n) is 15.3. The Morgan fingerprint density at radius 1 is 1.11 bits per heavy atom. The predicted molar refractivity (Wildman–Crippen MR) is 112 cm³/mol. The molecule has 146 valence electrons. The molecule has 0 saturated carbocycles. The van der Waals surface area contributed by atoms with Gasteiger partial charge in [-0.1, -0.05) is 17.7 Å². The molecule has 2 aromatic rings. The monoisotopic (exact) mass is 418 g/mol. The third kappa shape index (κ3) is 6.75. The lowest BCUT2D eigenvalue weighted by Gasteiger charge is -2.09. The van der Waals surface area contributed by atoms with Crippen LogP contribution in [-0.2, 0) is 14.4 Å². The van der Waals surface area contributed by atoms with Crippen molar-refractivity contribution in [3.8, 4) is 0 Å². The number of aliphatic carboxylic acids is 1. The number of amides is 2. The zero-order valence-corrected chi connectivity index (χ0v) is 16.9. The number of carbonyl (C=O) groups excluding carboxylic acids is 2. The number of benzene rings is 2. The number of carboxylic acids is 1. The Balaban J connectivity index is 1.88. The molecule has 0 heterocycles. The van der Waals surface area contributed by atoms with Crippen LogP contribution in [-0.4, -0.2) is 28.6 Å². The molecule has 0 aliphatic rings. The molecule has 0 spiro atoms. The van der Waals surface area contributed by atoms with Gasteiger partial charge in [-0.25, -0.2) is 4.79 Å². The Bertz CT molecular complexity index is 926. The number of thioether (sulfide) groups is 1. The van der Waals surface area contributed by atoms with E-state index < -0.39 is 11.9 Å². The maximum Gasteiger partial charge on any atom is 0.331 e. The number of anilines is 2. The van der Waals surface area contributed by atoms with Crippen LogP contribution in [0.25, 0.3) is 0 Å². The fourth-order valence-corrected chi connectivity index (χ4v) is 3.01. The predicted octanol–water partition coefficient (Wildman–Crippen LogP) is 4.35. The Labute approximate surface area is 172 Å². The standard InChI is InChI=1S/C20H19ClN2O4S/c1-12-3-4-14(21)10-17(12)23-19(25)11-28-16-7-5-15(6-8-16)22-18(24)9-13(2)20(26)27/h3-10H,11H2,1-2H3,(H,22,24)(H,23,25)(H,26,27). The van der Waals surface area contributed by atoms with Crippen molar-refractivity contribution in [2.45, 2.75) is 18.7 Å². The average Bonchev–Trinajstić information content (AvgIpc) is 2.64. The molecule has 0 unspecified atom stereocenters. The first-order valence-corrected chi connectivity index (χ1v) is 9.62. The van der Waals surface area contributed by atoms with Crippen LogP contribution >= 0.6 is 23.4 Å². The summed E-state index contributed by atoms with van der Waals surface area (Å²) in [6.45, 7) is 3.23. The maximum absolute atomic E-state index is 12.1. The highest BCUT2D eigenvalue weighted by Gasteiger charge is 2.08. The van der Waals surface area contributed by atoms with Crippen molar-refractivity contribution in [1.82, 2.24) is 0 Å². The third-order valence-corrected chi connectivity index (χ3v) is 4.90. The SMILES string of the molecule is CC(=CC(=O)Nc1ccc(SCC(=O)Nc2cc(Cl)ccc2C)cc1)C(=O)O. The van der Waals surface area contributed by atoms with Gasteiger partial charge in [0.05, 0.1) is 5.75 Å². The van der Waals surface area contributed by atoms with Gasteiger partial charge in [-0.2, -0.15) is 0 Å². The molecule has 0 aliphatic carbocycles. The van der Waals surface area contributed by atoms with Crippen LogP contribution in [0.1, 0.15) is 12.5 Å². The van der Waals surface area contributed by atoms with Crippen LogP contribution in [0.2, 0.25) is 5.02 Å². The van der Waals surface area contributed by atoms with Crippen molar-refractivity contribution >= 4 is 52.5 Å². The second-order valence-electron chi connectivity index (χ2n) is 5.94. The molecule has 2 aromatic carbocycles. The Morgan fingerprint density at radius 3 is 2.43 bits per heavy atom. The summed E-state index contributed by atoms with van der Waals surface area (Å²) in [7, 11) is 0. The fraction of sp³-hybridized carbons (Fsp3) is 0.150. The lowest BCUT2D eigenvalue weighted by molar-refractivity contribution is -0.132. The van der Waals surface area contributed by atoms with Crippen molar-refractivity contribution < 1.29 is 19.5 Å². The normalized spacial score (nSPS) is 11.0. The van der Waals surface area contributed by atoms with E-state index in [0.717, 1.165) is 16.5 Å². The summed E-state index contributed by atoms with van der Waals surface area (Å²) in [6.07, 6.45) is 1.02. The fourth-order valence-electron chi connectivity index (χ4n) is 2.14. The Kier molecular flexibility index (Phi) is 7.66. The molecule has 0 fully saturated rings. The first kappa shape index (κ1) is 21.5. The van der Waals surface area contributed by atoms with Crippen LogP contribution in [0.15, 0.2) is 59.0 Å². The number of rotatable bonds is 7. The highest BCUT2D eigenvalue weighted by molar-refractivity contribution is 8.00. The Hall–Kier alpha value is -2.77. The molecular weight excluding hydrogens is 400 g/mol. The number of nitrogens with one attached hydrogen (secondary N) is 2. The van der Waals surface area contributed by atoms with Crippen LogP contribution in [0.3, 0.4) is 0 Å². The summed E-state index contributed by atoms with van der Waals surface area (Å²) in [5, 5.41) is 14.7. The van der Waals surface area contributed by atoms with E-state index >= 15 is 0 Å². The van der Waals surface area contributed by atoms with Crippen LogP contribution < -0.4 is 10.6 Å². The topological polar surface area (TPSA) is 95.5 Å². The van der Waals surface area contributed by atoms with E-state index in [9.17, 15) is 14.4 Å². The smallest absolute Gasteiger partial charge is 0.331 e. The highest BCUT2D eigenvalue weighted by Crippen LogP contribution is 2.23. The van der Waals surface area contributed by atoms with E-state index in [1.54, 1.807) is 36.4 Å². The molecule has 2 rings (SSSR count). The molecule has 0 aromatic heterocycles. The van der Waals surface area contributed by atoms with Crippen molar-refractivity contribution in [2.24, 2.45) is 0 Å². The van der Waals surface area contributed by atoms with Crippen molar-refractivity contribution in [3.05, 3.63) is 64.7 Å². The first-order chi connectivity index (χ1) is 13.2. The second-order valence-corrected chi connectivity index (χ2v) is 7.43. The van der Waals surface area contributed by atoms with E-state index in [4.69, 9.17) is 16.7 Å². The van der Waals surface area contributed by atoms with Gasteiger partial charge in [-0.15, -0.1) is 11.8 Å². The molecular formula is C20H19ClN2O4S. The van der Waals surface area contributed by atoms with Gasteiger partial charge in [-0.05, 0) is 55.8 Å². The van der Waals surface area contributed by atoms with E-state index in [2.05, 4.69) is 10.6 Å².